The molecule has 0 atom stereocenters. The summed E-state index contributed by atoms with van der Waals surface area (Å²) in [5, 5.41) is 2.92. The maximum atomic E-state index is 10.9. The first-order valence-electron chi connectivity index (χ1n) is 4.59. The van der Waals surface area contributed by atoms with E-state index in [9.17, 15) is 4.79 Å². The van der Waals surface area contributed by atoms with Crippen molar-refractivity contribution in [2.45, 2.75) is 38.1 Å². The van der Waals surface area contributed by atoms with Crippen LogP contribution in [-0.2, 0) is 4.79 Å². The minimum absolute atomic E-state index is 0.0177. The SMILES string of the molecule is O=C(CCl)NC1CC2(CCC2)C1. The maximum absolute atomic E-state index is 10.9. The van der Waals surface area contributed by atoms with E-state index in [1.807, 2.05) is 0 Å². The van der Waals surface area contributed by atoms with E-state index in [4.69, 9.17) is 11.6 Å². The van der Waals surface area contributed by atoms with Crippen molar-refractivity contribution < 1.29 is 4.79 Å². The van der Waals surface area contributed by atoms with Crippen LogP contribution in [0, 0.1) is 5.41 Å². The number of halogens is 1. The molecule has 0 heterocycles. The zero-order valence-electron chi connectivity index (χ0n) is 7.11. The predicted molar refractivity (Wildman–Crippen MR) is 48.2 cm³/mol. The van der Waals surface area contributed by atoms with Gasteiger partial charge in [-0.2, -0.15) is 0 Å². The molecule has 0 saturated heterocycles. The first-order chi connectivity index (χ1) is 5.74. The number of carbonyl (C=O) groups excluding carboxylic acids is 1. The van der Waals surface area contributed by atoms with E-state index < -0.39 is 0 Å². The zero-order valence-corrected chi connectivity index (χ0v) is 7.86. The van der Waals surface area contributed by atoms with Crippen LogP contribution in [0.3, 0.4) is 0 Å². The van der Waals surface area contributed by atoms with E-state index in [1.54, 1.807) is 0 Å². The minimum atomic E-state index is -0.0177. The van der Waals surface area contributed by atoms with Crippen LogP contribution in [0.2, 0.25) is 0 Å². The van der Waals surface area contributed by atoms with Gasteiger partial charge in [-0.1, -0.05) is 6.42 Å². The topological polar surface area (TPSA) is 29.1 Å². The molecule has 12 heavy (non-hydrogen) atoms. The van der Waals surface area contributed by atoms with Crippen LogP contribution in [-0.4, -0.2) is 17.8 Å². The summed E-state index contributed by atoms with van der Waals surface area (Å²) in [4.78, 5) is 10.9. The Balaban J connectivity index is 1.71. The third-order valence-electron chi connectivity index (χ3n) is 3.26. The number of hydrogen-bond donors (Lipinski definition) is 1. The van der Waals surface area contributed by atoms with Crippen molar-refractivity contribution >= 4 is 17.5 Å². The van der Waals surface area contributed by atoms with Crippen LogP contribution >= 0.6 is 11.6 Å². The lowest BCUT2D eigenvalue weighted by atomic mass is 9.54. The van der Waals surface area contributed by atoms with Crippen LogP contribution in [0.25, 0.3) is 0 Å². The van der Waals surface area contributed by atoms with Crippen molar-refractivity contribution in [3.63, 3.8) is 0 Å². The molecule has 2 nitrogen and oxygen atoms in total. The normalized spacial score (nSPS) is 26.1. The summed E-state index contributed by atoms with van der Waals surface area (Å²) < 4.78 is 0. The fourth-order valence-corrected chi connectivity index (χ4v) is 2.52. The Labute approximate surface area is 77.7 Å². The van der Waals surface area contributed by atoms with Gasteiger partial charge in [-0.3, -0.25) is 4.79 Å². The molecule has 0 aliphatic heterocycles. The van der Waals surface area contributed by atoms with E-state index in [1.165, 1.54) is 32.1 Å². The van der Waals surface area contributed by atoms with Crippen molar-refractivity contribution in [2.75, 3.05) is 5.88 Å². The van der Waals surface area contributed by atoms with Crippen LogP contribution in [0.15, 0.2) is 0 Å². The molecule has 2 rings (SSSR count). The highest BCUT2D eigenvalue weighted by molar-refractivity contribution is 6.27. The van der Waals surface area contributed by atoms with E-state index in [0.29, 0.717) is 11.5 Å². The Bertz CT molecular complexity index is 193. The van der Waals surface area contributed by atoms with Crippen molar-refractivity contribution in [3.05, 3.63) is 0 Å². The van der Waals surface area contributed by atoms with Crippen LogP contribution in [0.1, 0.15) is 32.1 Å². The highest BCUT2D eigenvalue weighted by atomic mass is 35.5. The standard InChI is InChI=1S/C9H14ClNO/c10-6-8(12)11-7-4-9(5-7)2-1-3-9/h7H,1-6H2,(H,11,12). The lowest BCUT2D eigenvalue weighted by Crippen LogP contribution is -2.53. The van der Waals surface area contributed by atoms with E-state index in [-0.39, 0.29) is 11.8 Å². The van der Waals surface area contributed by atoms with Crippen molar-refractivity contribution in [2.24, 2.45) is 5.41 Å². The first kappa shape index (κ1) is 8.36. The minimum Gasteiger partial charge on any atom is -0.352 e. The van der Waals surface area contributed by atoms with Gasteiger partial charge in [0.05, 0.1) is 0 Å². The van der Waals surface area contributed by atoms with Crippen molar-refractivity contribution in [1.82, 2.24) is 5.32 Å². The summed E-state index contributed by atoms with van der Waals surface area (Å²) in [5.41, 5.74) is 0.643. The molecule has 0 unspecified atom stereocenters. The molecular formula is C9H14ClNO. The smallest absolute Gasteiger partial charge is 0.235 e. The van der Waals surface area contributed by atoms with Crippen LogP contribution in [0.4, 0.5) is 0 Å². The van der Waals surface area contributed by atoms with Crippen molar-refractivity contribution in [3.8, 4) is 0 Å². The molecule has 1 amide bonds. The number of nitrogens with one attached hydrogen (secondary N) is 1. The third-order valence-corrected chi connectivity index (χ3v) is 3.50. The van der Waals surface area contributed by atoms with Gasteiger partial charge < -0.3 is 5.32 Å². The number of hydrogen-bond acceptors (Lipinski definition) is 1. The van der Waals surface area contributed by atoms with Gasteiger partial charge in [-0.05, 0) is 31.1 Å². The number of rotatable bonds is 2. The van der Waals surface area contributed by atoms with Gasteiger partial charge >= 0.3 is 0 Å². The van der Waals surface area contributed by atoms with E-state index >= 15 is 0 Å². The van der Waals surface area contributed by atoms with Gasteiger partial charge in [-0.25, -0.2) is 0 Å². The number of amides is 1. The number of carbonyl (C=O) groups is 1. The quantitative estimate of drug-likeness (QED) is 0.655. The molecule has 2 aliphatic carbocycles. The maximum Gasteiger partial charge on any atom is 0.235 e. The zero-order chi connectivity index (χ0) is 8.60. The van der Waals surface area contributed by atoms with E-state index in [2.05, 4.69) is 5.32 Å². The monoisotopic (exact) mass is 187 g/mol. The molecule has 0 radical (unpaired) electrons. The predicted octanol–water partition coefficient (Wildman–Crippen LogP) is 1.67. The molecular weight excluding hydrogens is 174 g/mol. The van der Waals surface area contributed by atoms with Gasteiger partial charge in [0.1, 0.15) is 5.88 Å². The second-order valence-electron chi connectivity index (χ2n) is 4.16. The Morgan fingerprint density at radius 3 is 2.58 bits per heavy atom. The summed E-state index contributed by atoms with van der Waals surface area (Å²) in [5.74, 6) is 0.0830. The Hall–Kier alpha value is -0.240. The largest absolute Gasteiger partial charge is 0.352 e. The fourth-order valence-electron chi connectivity index (χ4n) is 2.44. The Morgan fingerprint density at radius 1 is 1.50 bits per heavy atom. The van der Waals surface area contributed by atoms with Gasteiger partial charge in [-0.15, -0.1) is 11.6 Å². The molecule has 0 aromatic carbocycles. The summed E-state index contributed by atoms with van der Waals surface area (Å²) in [6, 6.07) is 0.427. The molecule has 2 aliphatic rings. The summed E-state index contributed by atoms with van der Waals surface area (Å²) in [7, 11) is 0. The molecule has 1 spiro atoms. The summed E-state index contributed by atoms with van der Waals surface area (Å²) >= 11 is 5.38. The molecule has 2 fully saturated rings. The Kier molecular flexibility index (Phi) is 2.03. The van der Waals surface area contributed by atoms with Gasteiger partial charge in [0.25, 0.3) is 0 Å². The molecule has 2 saturated carbocycles. The highest BCUT2D eigenvalue weighted by Gasteiger charge is 2.48. The third kappa shape index (κ3) is 1.33. The average molecular weight is 188 g/mol. The fraction of sp³-hybridized carbons (Fsp3) is 0.889. The van der Waals surface area contributed by atoms with Crippen molar-refractivity contribution in [1.29, 1.82) is 0 Å². The van der Waals surface area contributed by atoms with Crippen LogP contribution in [0.5, 0.6) is 0 Å². The molecule has 3 heteroatoms. The molecule has 0 aromatic rings. The van der Waals surface area contributed by atoms with Crippen LogP contribution < -0.4 is 5.32 Å². The van der Waals surface area contributed by atoms with E-state index in [0.717, 1.165) is 0 Å². The Morgan fingerprint density at radius 2 is 2.17 bits per heavy atom. The summed E-state index contributed by atoms with van der Waals surface area (Å²) in [6.07, 6.45) is 6.52. The molecule has 1 N–H and O–H groups in total. The second-order valence-corrected chi connectivity index (χ2v) is 4.43. The molecule has 68 valence electrons. The first-order valence-corrected chi connectivity index (χ1v) is 5.13. The lowest BCUT2D eigenvalue weighted by molar-refractivity contribution is -0.122. The summed E-state index contributed by atoms with van der Waals surface area (Å²) in [6.45, 7) is 0. The number of alkyl halides is 1. The van der Waals surface area contributed by atoms with Gasteiger partial charge in [0.15, 0.2) is 0 Å². The van der Waals surface area contributed by atoms with Gasteiger partial charge in [0, 0.05) is 6.04 Å². The highest BCUT2D eigenvalue weighted by Crippen LogP contribution is 2.55. The second kappa shape index (κ2) is 2.91. The average Bonchev–Trinajstić information content (AvgIpc) is 1.91. The van der Waals surface area contributed by atoms with Gasteiger partial charge in [0.2, 0.25) is 5.91 Å². The molecule has 0 bridgehead atoms. The molecule has 0 aromatic heterocycles. The lowest BCUT2D eigenvalue weighted by Gasteiger charge is -2.54.